The molecule has 1 saturated heterocycles. The number of carbonyl (C=O) groups is 2. The van der Waals surface area contributed by atoms with Gasteiger partial charge in [0.2, 0.25) is 16.9 Å². The van der Waals surface area contributed by atoms with Crippen LogP contribution in [0.4, 0.5) is 10.8 Å². The zero-order valence-electron chi connectivity index (χ0n) is 16.5. The van der Waals surface area contributed by atoms with Crippen LogP contribution < -0.4 is 10.2 Å². The average Bonchev–Trinajstić information content (AvgIpc) is 3.36. The summed E-state index contributed by atoms with van der Waals surface area (Å²) in [6.45, 7) is 2.66. The van der Waals surface area contributed by atoms with E-state index in [1.165, 1.54) is 11.3 Å². The maximum atomic E-state index is 12.6. The maximum absolute atomic E-state index is 12.6. The predicted octanol–water partition coefficient (Wildman–Crippen LogP) is 4.46. The Balaban J connectivity index is 1.41. The van der Waals surface area contributed by atoms with Crippen LogP contribution >= 0.6 is 22.9 Å². The van der Waals surface area contributed by atoms with Crippen LogP contribution in [0.5, 0.6) is 0 Å². The number of halogens is 1. The quantitative estimate of drug-likeness (QED) is 0.614. The van der Waals surface area contributed by atoms with Crippen LogP contribution in [0, 0.1) is 0 Å². The van der Waals surface area contributed by atoms with Crippen molar-refractivity contribution >= 4 is 45.6 Å². The summed E-state index contributed by atoms with van der Waals surface area (Å²) in [6, 6.07) is 15.1. The number of aryl methyl sites for hydroxylation is 1. The van der Waals surface area contributed by atoms with Gasteiger partial charge >= 0.3 is 0 Å². The van der Waals surface area contributed by atoms with Gasteiger partial charge in [-0.3, -0.25) is 9.59 Å². The van der Waals surface area contributed by atoms with E-state index in [0.29, 0.717) is 23.1 Å². The number of hydrogen-bond acceptors (Lipinski definition) is 5. The van der Waals surface area contributed by atoms with E-state index in [-0.39, 0.29) is 24.2 Å². The molecule has 6 nitrogen and oxygen atoms in total. The van der Waals surface area contributed by atoms with Gasteiger partial charge in [0.15, 0.2) is 0 Å². The van der Waals surface area contributed by atoms with E-state index in [1.807, 2.05) is 35.2 Å². The number of benzene rings is 2. The molecule has 4 rings (SSSR count). The monoisotopic (exact) mass is 440 g/mol. The van der Waals surface area contributed by atoms with Crippen molar-refractivity contribution < 1.29 is 9.59 Å². The van der Waals surface area contributed by atoms with E-state index in [0.717, 1.165) is 28.2 Å². The van der Waals surface area contributed by atoms with Crippen LogP contribution in [0.1, 0.15) is 35.4 Å². The van der Waals surface area contributed by atoms with Crippen LogP contribution in [-0.4, -0.2) is 28.6 Å². The van der Waals surface area contributed by atoms with Gasteiger partial charge in [0.25, 0.3) is 0 Å². The molecule has 1 aromatic heterocycles. The van der Waals surface area contributed by atoms with Crippen LogP contribution in [0.15, 0.2) is 48.5 Å². The van der Waals surface area contributed by atoms with Gasteiger partial charge in [-0.25, -0.2) is 0 Å². The molecule has 1 aliphatic heterocycles. The lowest BCUT2D eigenvalue weighted by atomic mass is 10.1. The van der Waals surface area contributed by atoms with Gasteiger partial charge in [0.1, 0.15) is 5.01 Å². The van der Waals surface area contributed by atoms with E-state index in [9.17, 15) is 9.59 Å². The first-order chi connectivity index (χ1) is 14.5. The molecule has 0 aliphatic carbocycles. The molecule has 1 atom stereocenters. The van der Waals surface area contributed by atoms with E-state index in [4.69, 9.17) is 11.6 Å². The molecule has 3 aromatic rings. The Labute approximate surface area is 183 Å². The smallest absolute Gasteiger partial charge is 0.230 e. The lowest BCUT2D eigenvalue weighted by molar-refractivity contribution is -0.117. The number of para-hydroxylation sites is 1. The van der Waals surface area contributed by atoms with Crippen molar-refractivity contribution in [3.05, 3.63) is 69.7 Å². The largest absolute Gasteiger partial charge is 0.311 e. The number of aromatic nitrogens is 2. The Morgan fingerprint density at radius 1 is 1.20 bits per heavy atom. The topological polar surface area (TPSA) is 75.2 Å². The van der Waals surface area contributed by atoms with Crippen molar-refractivity contribution in [2.45, 2.75) is 32.1 Å². The molecule has 154 valence electrons. The normalized spacial score (nSPS) is 16.1. The molecule has 1 aliphatic rings. The molecular formula is C22H21ClN4O2S. The highest BCUT2D eigenvalue weighted by Gasteiger charge is 2.34. The lowest BCUT2D eigenvalue weighted by Gasteiger charge is -2.19. The third kappa shape index (κ3) is 4.52. The minimum absolute atomic E-state index is 0.0261. The van der Waals surface area contributed by atoms with Gasteiger partial charge in [-0.2, -0.15) is 0 Å². The van der Waals surface area contributed by atoms with Crippen molar-refractivity contribution in [2.75, 3.05) is 16.8 Å². The molecule has 30 heavy (non-hydrogen) atoms. The van der Waals surface area contributed by atoms with Crippen LogP contribution in [0.2, 0.25) is 5.02 Å². The van der Waals surface area contributed by atoms with Crippen LogP contribution in [-0.2, 0) is 22.4 Å². The predicted molar refractivity (Wildman–Crippen MR) is 119 cm³/mol. The summed E-state index contributed by atoms with van der Waals surface area (Å²) >= 11 is 7.20. The standard InChI is InChI=1S/C22H21ClN4O2S/c1-2-15-5-3-4-6-18(15)27-13-16(12-20(27)29)21-25-26-22(30-21)24-19(28)11-14-7-9-17(23)10-8-14/h3-10,16H,2,11-13H2,1H3,(H,24,26,28)/t16-/m1/s1. The molecule has 0 saturated carbocycles. The molecule has 0 unspecified atom stereocenters. The maximum Gasteiger partial charge on any atom is 0.230 e. The number of anilines is 2. The molecule has 1 N–H and O–H groups in total. The number of nitrogens with zero attached hydrogens (tertiary/aromatic N) is 3. The van der Waals surface area contributed by atoms with Gasteiger partial charge < -0.3 is 10.2 Å². The number of carbonyl (C=O) groups excluding carboxylic acids is 2. The zero-order chi connectivity index (χ0) is 21.1. The van der Waals surface area contributed by atoms with E-state index < -0.39 is 0 Å². The molecule has 2 amide bonds. The van der Waals surface area contributed by atoms with Gasteiger partial charge in [0, 0.05) is 29.6 Å². The summed E-state index contributed by atoms with van der Waals surface area (Å²) in [5.74, 6) is -0.104. The second kappa shape index (κ2) is 8.93. The minimum atomic E-state index is -0.166. The highest BCUT2D eigenvalue weighted by atomic mass is 35.5. The van der Waals surface area contributed by atoms with Crippen molar-refractivity contribution in [1.29, 1.82) is 0 Å². The fraction of sp³-hybridized carbons (Fsp3) is 0.273. The highest BCUT2D eigenvalue weighted by molar-refractivity contribution is 7.15. The molecule has 1 fully saturated rings. The number of amides is 2. The summed E-state index contributed by atoms with van der Waals surface area (Å²) in [4.78, 5) is 26.8. The Hall–Kier alpha value is -2.77. The fourth-order valence-electron chi connectivity index (χ4n) is 3.58. The van der Waals surface area contributed by atoms with Crippen molar-refractivity contribution in [3.63, 3.8) is 0 Å². The Bertz CT molecular complexity index is 1070. The zero-order valence-corrected chi connectivity index (χ0v) is 18.0. The lowest BCUT2D eigenvalue weighted by Crippen LogP contribution is -2.25. The first-order valence-corrected chi connectivity index (χ1v) is 11.0. The van der Waals surface area contributed by atoms with Gasteiger partial charge in [-0.1, -0.05) is 60.2 Å². The number of hydrogen-bond donors (Lipinski definition) is 1. The van der Waals surface area contributed by atoms with E-state index in [1.54, 1.807) is 12.1 Å². The SMILES string of the molecule is CCc1ccccc1N1C[C@H](c2nnc(NC(=O)Cc3ccc(Cl)cc3)s2)CC1=O. The van der Waals surface area contributed by atoms with Crippen molar-refractivity contribution in [2.24, 2.45) is 0 Å². The minimum Gasteiger partial charge on any atom is -0.311 e. The summed E-state index contributed by atoms with van der Waals surface area (Å²) in [6.07, 6.45) is 1.49. The fourth-order valence-corrected chi connectivity index (χ4v) is 4.56. The molecule has 0 spiro atoms. The van der Waals surface area contributed by atoms with E-state index in [2.05, 4.69) is 28.5 Å². The van der Waals surface area contributed by atoms with Gasteiger partial charge in [0.05, 0.1) is 6.42 Å². The molecule has 2 heterocycles. The molecular weight excluding hydrogens is 420 g/mol. The molecule has 0 bridgehead atoms. The molecule has 8 heteroatoms. The first kappa shape index (κ1) is 20.5. The summed E-state index contributed by atoms with van der Waals surface area (Å²) in [7, 11) is 0. The second-order valence-electron chi connectivity index (χ2n) is 7.18. The molecule has 2 aromatic carbocycles. The summed E-state index contributed by atoms with van der Waals surface area (Å²) in [5, 5.41) is 13.0. The van der Waals surface area contributed by atoms with Crippen LogP contribution in [0.3, 0.4) is 0 Å². The molecule has 0 radical (unpaired) electrons. The Morgan fingerprint density at radius 3 is 2.73 bits per heavy atom. The second-order valence-corrected chi connectivity index (χ2v) is 8.63. The Morgan fingerprint density at radius 2 is 1.97 bits per heavy atom. The van der Waals surface area contributed by atoms with Crippen molar-refractivity contribution in [1.82, 2.24) is 10.2 Å². The first-order valence-electron chi connectivity index (χ1n) is 9.79. The Kier molecular flexibility index (Phi) is 6.11. The van der Waals surface area contributed by atoms with Crippen molar-refractivity contribution in [3.8, 4) is 0 Å². The highest BCUT2D eigenvalue weighted by Crippen LogP contribution is 2.35. The van der Waals surface area contributed by atoms with Gasteiger partial charge in [-0.05, 0) is 35.7 Å². The third-order valence-corrected chi connectivity index (χ3v) is 6.36. The third-order valence-electron chi connectivity index (χ3n) is 5.10. The van der Waals surface area contributed by atoms with Crippen LogP contribution in [0.25, 0.3) is 0 Å². The number of nitrogens with one attached hydrogen (secondary N) is 1. The summed E-state index contributed by atoms with van der Waals surface area (Å²) < 4.78 is 0. The van der Waals surface area contributed by atoms with Gasteiger partial charge in [-0.15, -0.1) is 10.2 Å². The van der Waals surface area contributed by atoms with E-state index >= 15 is 0 Å². The summed E-state index contributed by atoms with van der Waals surface area (Å²) in [5.41, 5.74) is 2.99. The average molecular weight is 441 g/mol. The number of rotatable bonds is 6.